The van der Waals surface area contributed by atoms with Crippen LogP contribution in [-0.2, 0) is 14.2 Å². The van der Waals surface area contributed by atoms with Gasteiger partial charge in [-0.05, 0) is 29.8 Å². The first-order valence-electron chi connectivity index (χ1n) is 9.05. The fourth-order valence-electron chi connectivity index (χ4n) is 3.01. The predicted octanol–water partition coefficient (Wildman–Crippen LogP) is 1.83. The lowest BCUT2D eigenvalue weighted by molar-refractivity contribution is -0.227. The Morgan fingerprint density at radius 3 is 1.93 bits per heavy atom. The second-order valence-corrected chi connectivity index (χ2v) is 6.42. The van der Waals surface area contributed by atoms with Gasteiger partial charge in [-0.2, -0.15) is 0 Å². The molecule has 2 N–H and O–H groups in total. The van der Waals surface area contributed by atoms with Crippen molar-refractivity contribution in [2.45, 2.75) is 30.6 Å². The lowest BCUT2D eigenvalue weighted by atomic mass is 9.97. The van der Waals surface area contributed by atoms with Gasteiger partial charge >= 0.3 is 11.9 Å². The third-order valence-corrected chi connectivity index (χ3v) is 4.49. The number of carbonyl (C=O) groups excluding carboxylic acids is 2. The van der Waals surface area contributed by atoms with Gasteiger partial charge in [0.25, 0.3) is 0 Å². The molecule has 10 nitrogen and oxygen atoms in total. The van der Waals surface area contributed by atoms with Crippen molar-refractivity contribution in [3.8, 4) is 0 Å². The maximum atomic E-state index is 12.4. The first-order valence-corrected chi connectivity index (χ1v) is 9.05. The minimum absolute atomic E-state index is 0.200. The van der Waals surface area contributed by atoms with Gasteiger partial charge in [0, 0.05) is 4.91 Å². The minimum Gasteiger partial charge on any atom is -0.453 e. The van der Waals surface area contributed by atoms with Crippen LogP contribution in [0, 0.1) is 0 Å². The fraction of sp³-hybridized carbons (Fsp3) is 0.300. The molecule has 0 aromatic heterocycles. The van der Waals surface area contributed by atoms with Crippen LogP contribution in [0.2, 0.25) is 0 Å². The Balaban J connectivity index is 1.83. The van der Waals surface area contributed by atoms with E-state index in [-0.39, 0.29) is 11.1 Å². The van der Waals surface area contributed by atoms with Crippen LogP contribution in [0.1, 0.15) is 20.7 Å². The van der Waals surface area contributed by atoms with E-state index in [0.29, 0.717) is 0 Å². The van der Waals surface area contributed by atoms with Crippen molar-refractivity contribution < 1.29 is 34.0 Å². The van der Waals surface area contributed by atoms with E-state index in [2.05, 4.69) is 10.0 Å². The Labute approximate surface area is 171 Å². The van der Waals surface area contributed by atoms with Gasteiger partial charge in [0.15, 0.2) is 18.4 Å². The van der Waals surface area contributed by atoms with Gasteiger partial charge in [0.1, 0.15) is 12.2 Å². The van der Waals surface area contributed by atoms with Crippen molar-refractivity contribution in [2.75, 3.05) is 6.61 Å². The summed E-state index contributed by atoms with van der Waals surface area (Å²) >= 11 is 0. The van der Waals surface area contributed by atoms with Crippen LogP contribution in [0.5, 0.6) is 0 Å². The van der Waals surface area contributed by atoms with E-state index < -0.39 is 49.2 Å². The van der Waals surface area contributed by atoms with Crippen molar-refractivity contribution >= 4 is 11.9 Å². The van der Waals surface area contributed by atoms with E-state index >= 15 is 0 Å². The summed E-state index contributed by atoms with van der Waals surface area (Å²) in [4.78, 5) is 27.5. The molecule has 0 spiro atoms. The molecule has 2 aromatic rings. The number of carbonyl (C=O) groups is 2. The summed E-state index contributed by atoms with van der Waals surface area (Å²) < 4.78 is 16.1. The standard InChI is InChI=1S/C20H19N3O7/c21-23-22-18-17(30-20(27)13-9-5-2-6-10-13)15(25)16(14(11-24)28-18)29-19(26)12-7-3-1-4-8-12/h1-10,14-18,24-25H,11H2/t14-,15+,16-,17+,18+/m1/s1. The number of aliphatic hydroxyl groups excluding tert-OH is 2. The number of hydrogen-bond donors (Lipinski definition) is 2. The number of nitrogens with zero attached hydrogens (tertiary/aromatic N) is 3. The molecule has 1 saturated heterocycles. The van der Waals surface area contributed by atoms with E-state index in [9.17, 15) is 19.8 Å². The van der Waals surface area contributed by atoms with Crippen molar-refractivity contribution in [3.63, 3.8) is 0 Å². The van der Waals surface area contributed by atoms with Crippen molar-refractivity contribution in [2.24, 2.45) is 5.11 Å². The quantitative estimate of drug-likeness (QED) is 0.317. The highest BCUT2D eigenvalue weighted by Gasteiger charge is 2.49. The average Bonchev–Trinajstić information content (AvgIpc) is 2.79. The molecule has 0 amide bonds. The lowest BCUT2D eigenvalue weighted by Crippen LogP contribution is -2.60. The molecular formula is C20H19N3O7. The second kappa shape index (κ2) is 9.86. The molecule has 5 atom stereocenters. The van der Waals surface area contributed by atoms with Gasteiger partial charge in [-0.1, -0.05) is 41.5 Å². The molecule has 0 saturated carbocycles. The van der Waals surface area contributed by atoms with Gasteiger partial charge in [-0.25, -0.2) is 9.59 Å². The second-order valence-electron chi connectivity index (χ2n) is 6.42. The monoisotopic (exact) mass is 413 g/mol. The molecule has 2 aromatic carbocycles. The maximum absolute atomic E-state index is 12.4. The molecule has 0 unspecified atom stereocenters. The van der Waals surface area contributed by atoms with Crippen LogP contribution in [0.3, 0.4) is 0 Å². The van der Waals surface area contributed by atoms with Crippen LogP contribution >= 0.6 is 0 Å². The van der Waals surface area contributed by atoms with E-state index in [4.69, 9.17) is 19.7 Å². The largest absolute Gasteiger partial charge is 0.453 e. The summed E-state index contributed by atoms with van der Waals surface area (Å²) in [6.07, 6.45) is -7.09. The summed E-state index contributed by atoms with van der Waals surface area (Å²) in [6, 6.07) is 16.0. The maximum Gasteiger partial charge on any atom is 0.338 e. The molecule has 1 heterocycles. The van der Waals surface area contributed by atoms with Crippen LogP contribution in [0.4, 0.5) is 0 Å². The van der Waals surface area contributed by atoms with Crippen LogP contribution in [0.25, 0.3) is 10.4 Å². The summed E-state index contributed by atoms with van der Waals surface area (Å²) in [5.74, 6) is -1.56. The van der Waals surface area contributed by atoms with E-state index in [1.54, 1.807) is 36.4 Å². The van der Waals surface area contributed by atoms with Gasteiger partial charge in [0.2, 0.25) is 0 Å². The first-order chi connectivity index (χ1) is 14.5. The predicted molar refractivity (Wildman–Crippen MR) is 102 cm³/mol. The summed E-state index contributed by atoms with van der Waals surface area (Å²) in [5, 5.41) is 23.8. The average molecular weight is 413 g/mol. The first kappa shape index (κ1) is 21.3. The summed E-state index contributed by atoms with van der Waals surface area (Å²) in [5.41, 5.74) is 9.22. The van der Waals surface area contributed by atoms with Crippen LogP contribution in [-0.4, -0.2) is 59.4 Å². The molecule has 1 aliphatic heterocycles. The summed E-state index contributed by atoms with van der Waals surface area (Å²) in [6.45, 7) is -0.638. The normalized spacial score (nSPS) is 25.6. The third-order valence-electron chi connectivity index (χ3n) is 4.49. The van der Waals surface area contributed by atoms with Gasteiger partial charge < -0.3 is 24.4 Å². The van der Waals surface area contributed by atoms with Gasteiger partial charge in [-0.3, -0.25) is 0 Å². The Morgan fingerprint density at radius 2 is 1.47 bits per heavy atom. The SMILES string of the molecule is [N-]=[N+]=N[C@H]1O[C@H](CO)[C@@H](OC(=O)c2ccccc2)[C@H](O)[C@@H]1OC(=O)c1ccccc1. The molecule has 1 fully saturated rings. The number of ether oxygens (including phenoxy) is 3. The molecule has 10 heteroatoms. The number of aliphatic hydroxyl groups is 2. The number of rotatable bonds is 6. The summed E-state index contributed by atoms with van der Waals surface area (Å²) in [7, 11) is 0. The molecule has 0 radical (unpaired) electrons. The minimum atomic E-state index is -1.62. The lowest BCUT2D eigenvalue weighted by Gasteiger charge is -2.41. The Morgan fingerprint density at radius 1 is 0.967 bits per heavy atom. The van der Waals surface area contributed by atoms with Crippen LogP contribution < -0.4 is 0 Å². The highest BCUT2D eigenvalue weighted by atomic mass is 16.6. The van der Waals surface area contributed by atoms with Gasteiger partial charge in [-0.15, -0.1) is 0 Å². The number of esters is 2. The molecule has 156 valence electrons. The number of azide groups is 1. The molecular weight excluding hydrogens is 394 g/mol. The van der Waals surface area contributed by atoms with Crippen molar-refractivity contribution in [1.29, 1.82) is 0 Å². The smallest absolute Gasteiger partial charge is 0.338 e. The molecule has 1 aliphatic rings. The Hall–Kier alpha value is -3.43. The van der Waals surface area contributed by atoms with E-state index in [1.165, 1.54) is 24.3 Å². The van der Waals surface area contributed by atoms with Crippen molar-refractivity contribution in [3.05, 3.63) is 82.2 Å². The van der Waals surface area contributed by atoms with E-state index in [1.807, 2.05) is 0 Å². The Bertz CT molecular complexity index is 919. The van der Waals surface area contributed by atoms with Crippen LogP contribution in [0.15, 0.2) is 65.8 Å². The highest BCUT2D eigenvalue weighted by molar-refractivity contribution is 5.90. The highest BCUT2D eigenvalue weighted by Crippen LogP contribution is 2.28. The van der Waals surface area contributed by atoms with Gasteiger partial charge in [0.05, 0.1) is 17.7 Å². The molecule has 30 heavy (non-hydrogen) atoms. The molecule has 0 bridgehead atoms. The molecule has 3 rings (SSSR count). The van der Waals surface area contributed by atoms with E-state index in [0.717, 1.165) is 0 Å². The topological polar surface area (TPSA) is 151 Å². The third kappa shape index (κ3) is 4.76. The zero-order chi connectivity index (χ0) is 21.5. The van der Waals surface area contributed by atoms with Crippen molar-refractivity contribution in [1.82, 2.24) is 0 Å². The number of hydrogen-bond acceptors (Lipinski definition) is 8. The zero-order valence-corrected chi connectivity index (χ0v) is 15.6. The molecule has 0 aliphatic carbocycles. The fourth-order valence-corrected chi connectivity index (χ4v) is 3.01. The zero-order valence-electron chi connectivity index (χ0n) is 15.6. The number of benzene rings is 2. The Kier molecular flexibility index (Phi) is 6.99.